The van der Waals surface area contributed by atoms with E-state index in [9.17, 15) is 8.42 Å². The van der Waals surface area contributed by atoms with E-state index in [1.807, 2.05) is 0 Å². The van der Waals surface area contributed by atoms with Gasteiger partial charge in [-0.15, -0.1) is 11.3 Å². The van der Waals surface area contributed by atoms with Gasteiger partial charge < -0.3 is 10.0 Å². The number of aliphatic hydroxyl groups is 1. The fourth-order valence-corrected chi connectivity index (χ4v) is 7.10. The Balaban J connectivity index is 1.72. The Morgan fingerprint density at radius 2 is 2.24 bits per heavy atom. The minimum atomic E-state index is -3.52. The van der Waals surface area contributed by atoms with E-state index in [0.29, 0.717) is 14.7 Å². The van der Waals surface area contributed by atoms with E-state index in [2.05, 4.69) is 25.6 Å². The summed E-state index contributed by atoms with van der Waals surface area (Å²) in [6, 6.07) is 2.09. The minimum Gasteiger partial charge on any atom is -0.391 e. The molecule has 2 saturated heterocycles. The Morgan fingerprint density at radius 3 is 2.95 bits per heavy atom. The van der Waals surface area contributed by atoms with Crippen molar-refractivity contribution in [2.75, 3.05) is 13.1 Å². The molecule has 0 radical (unpaired) electrons. The molecule has 0 aliphatic carbocycles. The van der Waals surface area contributed by atoms with Gasteiger partial charge in [0.15, 0.2) is 0 Å². The summed E-state index contributed by atoms with van der Waals surface area (Å²) in [6.45, 7) is 1.99. The summed E-state index contributed by atoms with van der Waals surface area (Å²) < 4.78 is 28.4. The van der Waals surface area contributed by atoms with Crippen molar-refractivity contribution >= 4 is 37.3 Å². The molecule has 5 nitrogen and oxygen atoms in total. The van der Waals surface area contributed by atoms with Crippen LogP contribution < -0.4 is 4.72 Å². The Bertz CT molecular complexity index is 617. The number of nitrogens with one attached hydrogen (secondary N) is 1. The maximum atomic E-state index is 12.5. The predicted octanol–water partition coefficient (Wildman–Crippen LogP) is 1.91. The van der Waals surface area contributed by atoms with Gasteiger partial charge in [0.2, 0.25) is 10.0 Å². The molecule has 1 aromatic heterocycles. The van der Waals surface area contributed by atoms with Gasteiger partial charge in [0.25, 0.3) is 0 Å². The molecule has 0 spiro atoms. The van der Waals surface area contributed by atoms with Crippen LogP contribution in [0, 0.1) is 0 Å². The lowest BCUT2D eigenvalue weighted by Crippen LogP contribution is -2.47. The van der Waals surface area contributed by atoms with Crippen LogP contribution in [-0.4, -0.2) is 43.6 Å². The van der Waals surface area contributed by atoms with Crippen LogP contribution in [-0.2, 0) is 16.6 Å². The zero-order valence-corrected chi connectivity index (χ0v) is 14.8. The topological polar surface area (TPSA) is 69.6 Å². The van der Waals surface area contributed by atoms with E-state index in [-0.39, 0.29) is 17.5 Å². The van der Waals surface area contributed by atoms with Crippen LogP contribution in [0.15, 0.2) is 14.7 Å². The van der Waals surface area contributed by atoms with Crippen molar-refractivity contribution in [1.29, 1.82) is 0 Å². The molecule has 118 valence electrons. The van der Waals surface area contributed by atoms with E-state index >= 15 is 0 Å². The van der Waals surface area contributed by atoms with Gasteiger partial charge >= 0.3 is 0 Å². The molecule has 0 bridgehead atoms. The van der Waals surface area contributed by atoms with Gasteiger partial charge in [-0.2, -0.15) is 0 Å². The minimum absolute atomic E-state index is 0.0127. The van der Waals surface area contributed by atoms with Crippen LogP contribution in [0.2, 0.25) is 0 Å². The fraction of sp³-hybridized carbons (Fsp3) is 0.692. The first kappa shape index (κ1) is 15.9. The predicted molar refractivity (Wildman–Crippen MR) is 85.9 cm³/mol. The van der Waals surface area contributed by atoms with Crippen molar-refractivity contribution in [3.63, 3.8) is 0 Å². The monoisotopic (exact) mass is 394 g/mol. The number of piperidine rings is 1. The number of sulfonamides is 1. The molecule has 2 atom stereocenters. The molecule has 21 heavy (non-hydrogen) atoms. The van der Waals surface area contributed by atoms with Crippen molar-refractivity contribution in [1.82, 2.24) is 9.62 Å². The van der Waals surface area contributed by atoms with Crippen LogP contribution in [0.25, 0.3) is 0 Å². The van der Waals surface area contributed by atoms with Gasteiger partial charge in [-0.3, -0.25) is 0 Å². The summed E-state index contributed by atoms with van der Waals surface area (Å²) in [5.74, 6) is 0. The Morgan fingerprint density at radius 1 is 1.43 bits per heavy atom. The largest absolute Gasteiger partial charge is 0.391 e. The number of hydrogen-bond donors (Lipinski definition) is 2. The Labute approximate surface area is 137 Å². The van der Waals surface area contributed by atoms with Crippen molar-refractivity contribution in [2.45, 2.75) is 49.3 Å². The average Bonchev–Trinajstić information content (AvgIpc) is 3.04. The molecular formula is C13H19BrN2O3S2. The molecule has 0 aromatic carbocycles. The van der Waals surface area contributed by atoms with Crippen molar-refractivity contribution in [2.24, 2.45) is 0 Å². The third-order valence-electron chi connectivity index (χ3n) is 4.29. The zero-order chi connectivity index (χ0) is 15.0. The summed E-state index contributed by atoms with van der Waals surface area (Å²) in [7, 11) is -3.52. The number of nitrogens with zero attached hydrogens (tertiary/aromatic N) is 1. The summed E-state index contributed by atoms with van der Waals surface area (Å²) in [6.07, 6.45) is 4.16. The summed E-state index contributed by atoms with van der Waals surface area (Å²) in [5.41, 5.74) is 0. The number of thiophene rings is 1. The number of rotatable bonds is 4. The van der Waals surface area contributed by atoms with Crippen LogP contribution in [0.3, 0.4) is 0 Å². The first-order valence-electron chi connectivity index (χ1n) is 7.15. The highest BCUT2D eigenvalue weighted by atomic mass is 79.9. The number of hydrogen-bond acceptors (Lipinski definition) is 5. The lowest BCUT2D eigenvalue weighted by Gasteiger charge is -2.34. The van der Waals surface area contributed by atoms with Gasteiger partial charge in [0.1, 0.15) is 4.90 Å². The quantitative estimate of drug-likeness (QED) is 0.817. The summed E-state index contributed by atoms with van der Waals surface area (Å²) >= 11 is 4.54. The van der Waals surface area contributed by atoms with Gasteiger partial charge in [-0.1, -0.05) is 0 Å². The van der Waals surface area contributed by atoms with Crippen LogP contribution in [0.4, 0.5) is 0 Å². The Hall–Kier alpha value is 0.01000. The molecule has 0 amide bonds. The van der Waals surface area contributed by atoms with Crippen molar-refractivity contribution < 1.29 is 13.5 Å². The van der Waals surface area contributed by atoms with E-state index in [1.54, 1.807) is 6.07 Å². The third-order valence-corrected chi connectivity index (χ3v) is 8.05. The maximum absolute atomic E-state index is 12.5. The van der Waals surface area contributed by atoms with E-state index in [4.69, 9.17) is 5.11 Å². The van der Waals surface area contributed by atoms with E-state index < -0.39 is 10.0 Å². The normalized spacial score (nSPS) is 27.0. The number of fused-ring (bicyclic) bond motifs is 1. The van der Waals surface area contributed by atoms with Crippen LogP contribution >= 0.6 is 27.3 Å². The number of halogens is 1. The second-order valence-corrected chi connectivity index (χ2v) is 9.82. The average molecular weight is 395 g/mol. The highest BCUT2D eigenvalue weighted by Crippen LogP contribution is 2.33. The third kappa shape index (κ3) is 3.35. The lowest BCUT2D eigenvalue weighted by atomic mass is 9.99. The molecule has 2 unspecified atom stereocenters. The van der Waals surface area contributed by atoms with Gasteiger partial charge in [0, 0.05) is 17.0 Å². The molecule has 3 heterocycles. The standard InChI is InChI=1S/C13H19BrN2O3S2/c14-13-12(7-11(8-17)20-13)21(18,19)15-9-3-5-16-4-1-2-10(16)6-9/h7,9-10,15,17H,1-6,8H2. The molecule has 2 fully saturated rings. The molecule has 0 saturated carbocycles. The van der Waals surface area contributed by atoms with Crippen LogP contribution in [0.1, 0.15) is 30.6 Å². The molecule has 8 heteroatoms. The van der Waals surface area contributed by atoms with Crippen molar-refractivity contribution in [3.8, 4) is 0 Å². The molecule has 2 aliphatic heterocycles. The van der Waals surface area contributed by atoms with Gasteiger partial charge in [-0.25, -0.2) is 13.1 Å². The molecule has 3 rings (SSSR count). The summed E-state index contributed by atoms with van der Waals surface area (Å²) in [4.78, 5) is 3.35. The maximum Gasteiger partial charge on any atom is 0.242 e. The van der Waals surface area contributed by atoms with E-state index in [0.717, 1.165) is 25.9 Å². The van der Waals surface area contributed by atoms with E-state index in [1.165, 1.54) is 24.2 Å². The van der Waals surface area contributed by atoms with Crippen LogP contribution in [0.5, 0.6) is 0 Å². The first-order chi connectivity index (χ1) is 9.99. The molecule has 2 aliphatic rings. The summed E-state index contributed by atoms with van der Waals surface area (Å²) in [5, 5.41) is 9.13. The molecular weight excluding hydrogens is 376 g/mol. The zero-order valence-electron chi connectivity index (χ0n) is 11.6. The Kier molecular flexibility index (Phi) is 4.73. The highest BCUT2D eigenvalue weighted by Gasteiger charge is 2.34. The second-order valence-electron chi connectivity index (χ2n) is 5.68. The first-order valence-corrected chi connectivity index (χ1v) is 10.2. The lowest BCUT2D eigenvalue weighted by molar-refractivity contribution is 0.176. The molecule has 2 N–H and O–H groups in total. The van der Waals surface area contributed by atoms with Gasteiger partial charge in [0.05, 0.1) is 10.4 Å². The SMILES string of the molecule is O=S(=O)(NC1CCN2CCCC2C1)c1cc(CO)sc1Br. The van der Waals surface area contributed by atoms with Crippen molar-refractivity contribution in [3.05, 3.63) is 14.7 Å². The number of aliphatic hydroxyl groups excluding tert-OH is 1. The smallest absolute Gasteiger partial charge is 0.242 e. The molecule has 1 aromatic rings. The second kappa shape index (κ2) is 6.25. The highest BCUT2D eigenvalue weighted by molar-refractivity contribution is 9.11. The van der Waals surface area contributed by atoms with Gasteiger partial charge in [-0.05, 0) is 60.8 Å². The fourth-order valence-electron chi connectivity index (χ4n) is 3.27.